The van der Waals surface area contributed by atoms with E-state index in [9.17, 15) is 0 Å². The maximum Gasteiger partial charge on any atom is 0.492 e. The van der Waals surface area contributed by atoms with Crippen LogP contribution in [0.25, 0.3) is 0 Å². The SMILES string of the molecule is CCC[Si](OC)(OC)O[SiH](OC)OC. The van der Waals surface area contributed by atoms with Crippen LogP contribution in [0.5, 0.6) is 0 Å². The van der Waals surface area contributed by atoms with Crippen molar-refractivity contribution in [2.75, 3.05) is 28.4 Å². The molecule has 0 rings (SSSR count). The minimum Gasteiger partial charge on any atom is -0.380 e. The van der Waals surface area contributed by atoms with E-state index >= 15 is 0 Å². The fourth-order valence-corrected chi connectivity index (χ4v) is 5.65. The summed E-state index contributed by atoms with van der Waals surface area (Å²) in [6, 6.07) is 0.774. The highest BCUT2D eigenvalue weighted by Crippen LogP contribution is 2.17. The highest BCUT2D eigenvalue weighted by molar-refractivity contribution is 6.67. The molecular weight excluding hydrogens is 220 g/mol. The zero-order valence-electron chi connectivity index (χ0n) is 9.53. The minimum atomic E-state index is -2.54. The number of rotatable bonds is 8. The minimum absolute atomic E-state index is 0.774. The summed E-state index contributed by atoms with van der Waals surface area (Å²) >= 11 is 0. The van der Waals surface area contributed by atoms with Gasteiger partial charge in [-0.1, -0.05) is 13.3 Å². The second-order valence-corrected chi connectivity index (χ2v) is 7.86. The van der Waals surface area contributed by atoms with Crippen molar-refractivity contribution in [3.8, 4) is 0 Å². The Kier molecular flexibility index (Phi) is 7.64. The molecule has 0 N–H and O–H groups in total. The normalized spacial score (nSPS) is 12.4. The van der Waals surface area contributed by atoms with Gasteiger partial charge in [0.1, 0.15) is 0 Å². The van der Waals surface area contributed by atoms with Crippen LogP contribution in [0.15, 0.2) is 0 Å². The van der Waals surface area contributed by atoms with Crippen molar-refractivity contribution in [1.82, 2.24) is 0 Å². The summed E-state index contributed by atoms with van der Waals surface area (Å²) in [6.45, 7) is 2.05. The summed E-state index contributed by atoms with van der Waals surface area (Å²) in [7, 11) is 1.72. The van der Waals surface area contributed by atoms with Gasteiger partial charge in [0.15, 0.2) is 0 Å². The van der Waals surface area contributed by atoms with Crippen molar-refractivity contribution in [2.45, 2.75) is 19.4 Å². The summed E-state index contributed by atoms with van der Waals surface area (Å²) < 4.78 is 26.5. The monoisotopic (exact) mass is 240 g/mol. The van der Waals surface area contributed by atoms with E-state index in [0.29, 0.717) is 0 Å². The molecule has 0 aliphatic heterocycles. The maximum absolute atomic E-state index is 5.66. The molecular formula is C7H20O5Si2. The van der Waals surface area contributed by atoms with Gasteiger partial charge in [-0.25, -0.2) is 0 Å². The third-order valence-corrected chi connectivity index (χ3v) is 7.17. The molecule has 0 bridgehead atoms. The third-order valence-electron chi connectivity index (χ3n) is 1.84. The third kappa shape index (κ3) is 4.17. The van der Waals surface area contributed by atoms with E-state index in [0.717, 1.165) is 12.5 Å². The Labute approximate surface area is 88.6 Å². The molecule has 0 radical (unpaired) electrons. The van der Waals surface area contributed by atoms with E-state index in [1.807, 2.05) is 0 Å². The van der Waals surface area contributed by atoms with E-state index in [1.54, 1.807) is 28.4 Å². The van der Waals surface area contributed by atoms with Crippen LogP contribution in [0, 0.1) is 0 Å². The molecule has 14 heavy (non-hydrogen) atoms. The topological polar surface area (TPSA) is 46.2 Å². The van der Waals surface area contributed by atoms with E-state index in [-0.39, 0.29) is 0 Å². The predicted octanol–water partition coefficient (Wildman–Crippen LogP) is 0.655. The average Bonchev–Trinajstić information content (AvgIpc) is 2.24. The summed E-state index contributed by atoms with van der Waals surface area (Å²) in [6.07, 6.45) is 0.947. The number of hydrogen-bond donors (Lipinski definition) is 0. The molecule has 0 aromatic rings. The molecule has 0 aromatic heterocycles. The molecule has 0 amide bonds. The van der Waals surface area contributed by atoms with Crippen molar-refractivity contribution in [1.29, 1.82) is 0 Å². The van der Waals surface area contributed by atoms with Crippen LogP contribution >= 0.6 is 0 Å². The Balaban J connectivity index is 4.31. The molecule has 5 nitrogen and oxygen atoms in total. The molecule has 0 heterocycles. The summed E-state index contributed by atoms with van der Waals surface area (Å²) in [4.78, 5) is 0. The predicted molar refractivity (Wildman–Crippen MR) is 57.1 cm³/mol. The fourth-order valence-electron chi connectivity index (χ4n) is 1.09. The second kappa shape index (κ2) is 7.52. The van der Waals surface area contributed by atoms with Gasteiger partial charge in [0, 0.05) is 34.5 Å². The molecule has 0 aliphatic rings. The van der Waals surface area contributed by atoms with Crippen LogP contribution in [-0.4, -0.2) is 46.8 Å². The zero-order valence-corrected chi connectivity index (χ0v) is 11.7. The largest absolute Gasteiger partial charge is 0.492 e. The molecule has 0 aliphatic carbocycles. The average molecular weight is 240 g/mol. The maximum atomic E-state index is 5.66. The smallest absolute Gasteiger partial charge is 0.380 e. The Hall–Kier alpha value is 0.234. The van der Waals surface area contributed by atoms with Gasteiger partial charge in [-0.15, -0.1) is 0 Å². The summed E-state index contributed by atoms with van der Waals surface area (Å²) in [5.41, 5.74) is 0. The van der Waals surface area contributed by atoms with Gasteiger partial charge in [0.05, 0.1) is 0 Å². The lowest BCUT2D eigenvalue weighted by atomic mass is 10.6. The van der Waals surface area contributed by atoms with Crippen molar-refractivity contribution in [2.24, 2.45) is 0 Å². The molecule has 86 valence electrons. The van der Waals surface area contributed by atoms with Crippen LogP contribution in [0.3, 0.4) is 0 Å². The molecule has 0 saturated carbocycles. The lowest BCUT2D eigenvalue weighted by Crippen LogP contribution is -2.49. The van der Waals surface area contributed by atoms with Crippen LogP contribution in [0.2, 0.25) is 6.04 Å². The van der Waals surface area contributed by atoms with E-state index in [1.165, 1.54) is 0 Å². The number of hydrogen-bond acceptors (Lipinski definition) is 5. The molecule has 0 saturated heterocycles. The van der Waals surface area contributed by atoms with Gasteiger partial charge < -0.3 is 21.8 Å². The molecule has 0 atom stereocenters. The molecule has 0 unspecified atom stereocenters. The van der Waals surface area contributed by atoms with E-state index in [4.69, 9.17) is 21.8 Å². The lowest BCUT2D eigenvalue weighted by Gasteiger charge is -2.28. The van der Waals surface area contributed by atoms with Crippen molar-refractivity contribution >= 4 is 18.3 Å². The van der Waals surface area contributed by atoms with E-state index in [2.05, 4.69) is 6.92 Å². The van der Waals surface area contributed by atoms with Gasteiger partial charge >= 0.3 is 18.3 Å². The Morgan fingerprint density at radius 2 is 1.50 bits per heavy atom. The standard InChI is InChI=1S/C7H20O5Si2/c1-6-7-14(10-4,11-5)12-13(8-2)9-3/h13H,6-7H2,1-5H3. The Bertz CT molecular complexity index is 138. The van der Waals surface area contributed by atoms with Gasteiger partial charge in [-0.3, -0.25) is 0 Å². The Morgan fingerprint density at radius 3 is 1.79 bits per heavy atom. The quantitative estimate of drug-likeness (QED) is 0.583. The van der Waals surface area contributed by atoms with Gasteiger partial charge in [-0.05, 0) is 0 Å². The van der Waals surface area contributed by atoms with Crippen molar-refractivity contribution in [3.05, 3.63) is 0 Å². The van der Waals surface area contributed by atoms with Crippen LogP contribution in [0.1, 0.15) is 13.3 Å². The van der Waals surface area contributed by atoms with Crippen LogP contribution in [0.4, 0.5) is 0 Å². The van der Waals surface area contributed by atoms with Crippen LogP contribution in [-0.2, 0) is 21.8 Å². The highest BCUT2D eigenvalue weighted by atomic mass is 28.4. The van der Waals surface area contributed by atoms with Crippen molar-refractivity contribution in [3.63, 3.8) is 0 Å². The molecule has 7 heteroatoms. The van der Waals surface area contributed by atoms with Crippen molar-refractivity contribution < 1.29 is 21.8 Å². The fraction of sp³-hybridized carbons (Fsp3) is 1.00. The molecule has 0 aromatic carbocycles. The van der Waals surface area contributed by atoms with Gasteiger partial charge in [0.2, 0.25) is 0 Å². The Morgan fingerprint density at radius 1 is 1.00 bits per heavy atom. The van der Waals surface area contributed by atoms with Gasteiger partial charge in [0.25, 0.3) is 0 Å². The first-order valence-corrected chi connectivity index (χ1v) is 7.86. The highest BCUT2D eigenvalue weighted by Gasteiger charge is 2.41. The first-order chi connectivity index (χ1) is 6.67. The first-order valence-electron chi connectivity index (χ1n) is 4.51. The zero-order chi connectivity index (χ0) is 11.0. The molecule has 0 spiro atoms. The lowest BCUT2D eigenvalue weighted by molar-refractivity contribution is 0.109. The summed E-state index contributed by atoms with van der Waals surface area (Å²) in [5.74, 6) is 0. The second-order valence-electron chi connectivity index (χ2n) is 2.72. The summed E-state index contributed by atoms with van der Waals surface area (Å²) in [5, 5.41) is 0. The van der Waals surface area contributed by atoms with Crippen LogP contribution < -0.4 is 0 Å². The first kappa shape index (κ1) is 14.2. The molecule has 0 fully saturated rings. The van der Waals surface area contributed by atoms with Gasteiger partial charge in [-0.2, -0.15) is 0 Å². The van der Waals surface area contributed by atoms with E-state index < -0.39 is 18.3 Å².